The number of rotatable bonds is 4. The van der Waals surface area contributed by atoms with Gasteiger partial charge in [-0.25, -0.2) is 4.79 Å². The van der Waals surface area contributed by atoms with E-state index in [0.717, 1.165) is 0 Å². The van der Waals surface area contributed by atoms with Crippen LogP contribution >= 0.6 is 0 Å². The van der Waals surface area contributed by atoms with Gasteiger partial charge in [0.15, 0.2) is 0 Å². The number of ether oxygens (including phenoxy) is 1. The Labute approximate surface area is 88.8 Å². The minimum Gasteiger partial charge on any atom is -0.464 e. The van der Waals surface area contributed by atoms with Crippen molar-refractivity contribution in [3.63, 3.8) is 0 Å². The molecule has 0 atom stereocenters. The summed E-state index contributed by atoms with van der Waals surface area (Å²) >= 11 is 0. The van der Waals surface area contributed by atoms with Crippen molar-refractivity contribution in [1.82, 2.24) is 0 Å². The van der Waals surface area contributed by atoms with Crippen molar-refractivity contribution in [3.8, 4) is 0 Å². The second-order valence-electron chi connectivity index (χ2n) is 2.54. The van der Waals surface area contributed by atoms with Gasteiger partial charge in [0.25, 0.3) is 5.78 Å². The molecule has 17 heavy (non-hydrogen) atoms. The molecule has 0 bridgehead atoms. The Morgan fingerprint density at radius 1 is 0.941 bits per heavy atom. The zero-order valence-corrected chi connectivity index (χ0v) is 7.87. The quantitative estimate of drug-likeness (QED) is 0.445. The average molecular weight is 268 g/mol. The lowest BCUT2D eigenvalue weighted by atomic mass is 10.1. The maximum atomic E-state index is 12.6. The second-order valence-corrected chi connectivity index (χ2v) is 2.54. The molecule has 0 aromatic heterocycles. The second kappa shape index (κ2) is 4.72. The molecule has 10 heteroatoms. The Balaban J connectivity index is 5.50. The minimum atomic E-state index is -5.98. The highest BCUT2D eigenvalue weighted by Crippen LogP contribution is 2.38. The van der Waals surface area contributed by atoms with E-state index in [9.17, 15) is 40.3 Å². The SMILES string of the molecule is COC(=O)C(F)(F)C(F)(F)C(=O)C(F)=C(F)F. The molecule has 0 amide bonds. The van der Waals surface area contributed by atoms with Crippen LogP contribution in [0, 0.1) is 0 Å². The van der Waals surface area contributed by atoms with Crippen LogP contribution in [0.25, 0.3) is 0 Å². The number of hydrogen-bond donors (Lipinski definition) is 0. The van der Waals surface area contributed by atoms with Gasteiger partial charge in [0.1, 0.15) is 0 Å². The summed E-state index contributed by atoms with van der Waals surface area (Å²) in [5, 5.41) is 0. The van der Waals surface area contributed by atoms with Crippen molar-refractivity contribution in [1.29, 1.82) is 0 Å². The van der Waals surface area contributed by atoms with Gasteiger partial charge in [-0.1, -0.05) is 0 Å². The van der Waals surface area contributed by atoms with Gasteiger partial charge in [-0.3, -0.25) is 4.79 Å². The molecule has 0 rings (SSSR count). The lowest BCUT2D eigenvalue weighted by Crippen LogP contribution is -2.53. The van der Waals surface area contributed by atoms with Crippen LogP contribution in [0.2, 0.25) is 0 Å². The molecule has 0 N–H and O–H groups in total. The Kier molecular flexibility index (Phi) is 4.27. The minimum absolute atomic E-state index is 0.290. The number of carbonyl (C=O) groups excluding carboxylic acids is 2. The number of methoxy groups -OCH3 is 1. The summed E-state index contributed by atoms with van der Waals surface area (Å²) in [5.41, 5.74) is 0. The van der Waals surface area contributed by atoms with E-state index in [4.69, 9.17) is 0 Å². The number of ketones is 1. The lowest BCUT2D eigenvalue weighted by Gasteiger charge is -2.21. The van der Waals surface area contributed by atoms with Crippen molar-refractivity contribution < 1.29 is 45.1 Å². The first kappa shape index (κ1) is 15.4. The van der Waals surface area contributed by atoms with Crippen molar-refractivity contribution in [2.24, 2.45) is 0 Å². The smallest absolute Gasteiger partial charge is 0.412 e. The maximum absolute atomic E-state index is 12.6. The van der Waals surface area contributed by atoms with E-state index in [1.807, 2.05) is 0 Å². The van der Waals surface area contributed by atoms with Gasteiger partial charge < -0.3 is 4.74 Å². The van der Waals surface area contributed by atoms with Crippen molar-refractivity contribution in [3.05, 3.63) is 11.9 Å². The molecule has 0 saturated heterocycles. The fourth-order valence-electron chi connectivity index (χ4n) is 0.623. The Hall–Kier alpha value is -1.61. The molecule has 0 unspecified atom stereocenters. The highest BCUT2D eigenvalue weighted by atomic mass is 19.3. The van der Waals surface area contributed by atoms with Crippen LogP contribution in [0.1, 0.15) is 0 Å². The van der Waals surface area contributed by atoms with Crippen molar-refractivity contribution in [2.45, 2.75) is 11.8 Å². The third-order valence-electron chi connectivity index (χ3n) is 1.49. The first-order valence-electron chi connectivity index (χ1n) is 3.59. The first-order chi connectivity index (χ1) is 7.50. The molecule has 0 radical (unpaired) electrons. The van der Waals surface area contributed by atoms with Crippen LogP contribution in [0.5, 0.6) is 0 Å². The van der Waals surface area contributed by atoms with Crippen LogP contribution < -0.4 is 0 Å². The standard InChI is InChI=1S/C7H3F7O3/c1-17-5(16)7(13,14)6(11,12)3(15)2(8)4(9)10/h1H3. The van der Waals surface area contributed by atoms with Gasteiger partial charge in [-0.15, -0.1) is 0 Å². The van der Waals surface area contributed by atoms with E-state index in [0.29, 0.717) is 7.11 Å². The van der Waals surface area contributed by atoms with Crippen LogP contribution in [0.15, 0.2) is 11.9 Å². The summed E-state index contributed by atoms with van der Waals surface area (Å²) in [7, 11) is 0.290. The van der Waals surface area contributed by atoms with Crippen molar-refractivity contribution >= 4 is 11.8 Å². The number of esters is 1. The molecule has 0 aliphatic rings. The summed E-state index contributed by atoms with van der Waals surface area (Å²) in [6.07, 6.45) is -3.50. The molecular formula is C7H3F7O3. The normalized spacial score (nSPS) is 12.0. The predicted octanol–water partition coefficient (Wildman–Crippen LogP) is 2.08. The number of allylic oxidation sites excluding steroid dienone is 1. The fraction of sp³-hybridized carbons (Fsp3) is 0.429. The molecule has 3 nitrogen and oxygen atoms in total. The topological polar surface area (TPSA) is 43.4 Å². The summed E-state index contributed by atoms with van der Waals surface area (Å²) in [6.45, 7) is 0. The van der Waals surface area contributed by atoms with Gasteiger partial charge in [-0.05, 0) is 0 Å². The first-order valence-corrected chi connectivity index (χ1v) is 3.59. The highest BCUT2D eigenvalue weighted by Gasteiger charge is 2.68. The highest BCUT2D eigenvalue weighted by molar-refractivity contribution is 6.03. The Morgan fingerprint density at radius 2 is 1.35 bits per heavy atom. The zero-order chi connectivity index (χ0) is 14.0. The van der Waals surface area contributed by atoms with Crippen LogP contribution in [-0.2, 0) is 14.3 Å². The molecule has 0 heterocycles. The van der Waals surface area contributed by atoms with E-state index in [2.05, 4.69) is 4.74 Å². The van der Waals surface area contributed by atoms with Gasteiger partial charge in [0, 0.05) is 0 Å². The van der Waals surface area contributed by atoms with E-state index < -0.39 is 35.5 Å². The Morgan fingerprint density at radius 3 is 1.65 bits per heavy atom. The predicted molar refractivity (Wildman–Crippen MR) is 37.3 cm³/mol. The van der Waals surface area contributed by atoms with Gasteiger partial charge in [0.05, 0.1) is 7.11 Å². The largest absolute Gasteiger partial charge is 0.464 e. The van der Waals surface area contributed by atoms with E-state index in [1.54, 1.807) is 0 Å². The lowest BCUT2D eigenvalue weighted by molar-refractivity contribution is -0.222. The molecule has 0 aliphatic carbocycles. The monoisotopic (exact) mass is 268 g/mol. The number of hydrogen-bond acceptors (Lipinski definition) is 3. The number of Topliss-reactive ketones (excluding diaryl/α,β-unsaturated/α-hetero) is 1. The van der Waals surface area contributed by atoms with Gasteiger partial charge >= 0.3 is 23.9 Å². The average Bonchev–Trinajstić information content (AvgIpc) is 2.24. The van der Waals surface area contributed by atoms with Gasteiger partial charge in [-0.2, -0.15) is 30.7 Å². The summed E-state index contributed by atoms with van der Waals surface area (Å²) in [4.78, 5) is 20.6. The number of carbonyl (C=O) groups is 2. The van der Waals surface area contributed by atoms with Crippen LogP contribution in [0.3, 0.4) is 0 Å². The summed E-state index contributed by atoms with van der Waals surface area (Å²) in [5.74, 6) is -21.5. The Bertz CT molecular complexity index is 370. The fourth-order valence-corrected chi connectivity index (χ4v) is 0.623. The van der Waals surface area contributed by atoms with Gasteiger partial charge in [0.2, 0.25) is 5.83 Å². The zero-order valence-electron chi connectivity index (χ0n) is 7.87. The maximum Gasteiger partial charge on any atom is 0.412 e. The molecule has 0 spiro atoms. The number of halogens is 7. The molecule has 98 valence electrons. The van der Waals surface area contributed by atoms with Crippen molar-refractivity contribution in [2.75, 3.05) is 7.11 Å². The van der Waals surface area contributed by atoms with E-state index >= 15 is 0 Å². The van der Waals surface area contributed by atoms with E-state index in [1.165, 1.54) is 0 Å². The van der Waals surface area contributed by atoms with Crippen LogP contribution in [0.4, 0.5) is 30.7 Å². The molecule has 0 aliphatic heterocycles. The molecule has 0 aromatic carbocycles. The molecular weight excluding hydrogens is 265 g/mol. The third-order valence-corrected chi connectivity index (χ3v) is 1.49. The third kappa shape index (κ3) is 2.56. The molecule has 0 aromatic rings. The molecule has 0 saturated carbocycles. The van der Waals surface area contributed by atoms with Crippen LogP contribution in [-0.4, -0.2) is 30.7 Å². The summed E-state index contributed by atoms with van der Waals surface area (Å²) < 4.78 is 88.8. The molecule has 0 fully saturated rings. The van der Waals surface area contributed by atoms with E-state index in [-0.39, 0.29) is 0 Å². The summed E-state index contributed by atoms with van der Waals surface area (Å²) in [6, 6.07) is 0. The number of alkyl halides is 4.